The lowest BCUT2D eigenvalue weighted by molar-refractivity contribution is 0.293. The summed E-state index contributed by atoms with van der Waals surface area (Å²) in [4.78, 5) is 24.8. The van der Waals surface area contributed by atoms with Crippen LogP contribution >= 0.6 is 0 Å². The van der Waals surface area contributed by atoms with Crippen molar-refractivity contribution in [1.29, 1.82) is 0 Å². The Bertz CT molecular complexity index is 911. The lowest BCUT2D eigenvalue weighted by Crippen LogP contribution is -2.40. The van der Waals surface area contributed by atoms with Crippen LogP contribution < -0.4 is 16.0 Å². The molecule has 3 aromatic rings. The van der Waals surface area contributed by atoms with Gasteiger partial charge in [0.15, 0.2) is 0 Å². The molecule has 0 saturated heterocycles. The number of para-hydroxylation sites is 2. The zero-order valence-electron chi connectivity index (χ0n) is 12.2. The van der Waals surface area contributed by atoms with Gasteiger partial charge in [-0.2, -0.15) is 0 Å². The zero-order valence-corrected chi connectivity index (χ0v) is 12.2. The molecule has 3 rings (SSSR count). The summed E-state index contributed by atoms with van der Waals surface area (Å²) in [5.41, 5.74) is 0.0217. The number of ether oxygens (including phenoxy) is 1. The first-order valence-electron chi connectivity index (χ1n) is 7.05. The molecule has 0 fully saturated rings. The molecule has 0 aliphatic carbocycles. The van der Waals surface area contributed by atoms with E-state index in [4.69, 9.17) is 4.74 Å². The molecule has 0 aliphatic rings. The van der Waals surface area contributed by atoms with E-state index < -0.39 is 0 Å². The summed E-state index contributed by atoms with van der Waals surface area (Å²) < 4.78 is 8.26. The Balaban J connectivity index is 1.91. The highest BCUT2D eigenvalue weighted by molar-refractivity contribution is 5.77. The van der Waals surface area contributed by atoms with Crippen molar-refractivity contribution in [1.82, 2.24) is 9.13 Å². The van der Waals surface area contributed by atoms with Crippen molar-refractivity contribution < 1.29 is 4.74 Å². The lowest BCUT2D eigenvalue weighted by Gasteiger charge is -2.11. The molecular weight excluding hydrogens is 280 g/mol. The Morgan fingerprint density at radius 1 is 0.955 bits per heavy atom. The van der Waals surface area contributed by atoms with Gasteiger partial charge in [0.1, 0.15) is 12.4 Å². The Kier molecular flexibility index (Phi) is 3.78. The molecule has 5 heteroatoms. The Morgan fingerprint density at radius 3 is 2.41 bits per heavy atom. The Morgan fingerprint density at radius 2 is 1.64 bits per heavy atom. The fraction of sp³-hybridized carbons (Fsp3) is 0.176. The van der Waals surface area contributed by atoms with Crippen LogP contribution in [0.25, 0.3) is 10.9 Å². The van der Waals surface area contributed by atoms with Gasteiger partial charge in [-0.15, -0.1) is 0 Å². The third kappa shape index (κ3) is 2.53. The maximum absolute atomic E-state index is 12.4. The second-order valence-electron chi connectivity index (χ2n) is 4.98. The monoisotopic (exact) mass is 296 g/mol. The van der Waals surface area contributed by atoms with Crippen LogP contribution in [0.4, 0.5) is 0 Å². The van der Waals surface area contributed by atoms with Crippen molar-refractivity contribution in [2.75, 3.05) is 6.61 Å². The number of aromatic nitrogens is 2. The van der Waals surface area contributed by atoms with E-state index in [-0.39, 0.29) is 24.4 Å². The average Bonchev–Trinajstić information content (AvgIpc) is 2.57. The molecule has 0 N–H and O–H groups in total. The van der Waals surface area contributed by atoms with Crippen LogP contribution in [0.5, 0.6) is 5.75 Å². The molecule has 0 amide bonds. The normalized spacial score (nSPS) is 10.8. The summed E-state index contributed by atoms with van der Waals surface area (Å²) in [6.07, 6.45) is 0. The maximum atomic E-state index is 12.4. The van der Waals surface area contributed by atoms with Gasteiger partial charge < -0.3 is 4.74 Å². The van der Waals surface area contributed by atoms with E-state index in [1.54, 1.807) is 25.2 Å². The zero-order chi connectivity index (χ0) is 15.5. The summed E-state index contributed by atoms with van der Waals surface area (Å²) in [5, 5.41) is 0.532. The fourth-order valence-corrected chi connectivity index (χ4v) is 2.43. The number of fused-ring (bicyclic) bond motifs is 1. The van der Waals surface area contributed by atoms with Crippen molar-refractivity contribution in [3.8, 4) is 5.75 Å². The van der Waals surface area contributed by atoms with Crippen LogP contribution in [-0.4, -0.2) is 15.7 Å². The SMILES string of the molecule is Cn1c(=O)n(CCOc2ccccc2)c(=O)c2ccccc21. The number of rotatable bonds is 4. The largest absolute Gasteiger partial charge is 0.492 e. The minimum Gasteiger partial charge on any atom is -0.492 e. The van der Waals surface area contributed by atoms with Gasteiger partial charge in [0.05, 0.1) is 17.4 Å². The topological polar surface area (TPSA) is 53.2 Å². The molecule has 22 heavy (non-hydrogen) atoms. The highest BCUT2D eigenvalue weighted by Crippen LogP contribution is 2.08. The van der Waals surface area contributed by atoms with Gasteiger partial charge in [0, 0.05) is 7.05 Å². The second kappa shape index (κ2) is 5.89. The van der Waals surface area contributed by atoms with Crippen molar-refractivity contribution >= 4 is 10.9 Å². The number of hydrogen-bond acceptors (Lipinski definition) is 3. The van der Waals surface area contributed by atoms with Gasteiger partial charge in [-0.3, -0.25) is 13.9 Å². The first-order chi connectivity index (χ1) is 10.7. The summed E-state index contributed by atoms with van der Waals surface area (Å²) >= 11 is 0. The van der Waals surface area contributed by atoms with E-state index in [0.717, 1.165) is 0 Å². The van der Waals surface area contributed by atoms with Gasteiger partial charge in [0.25, 0.3) is 5.56 Å². The summed E-state index contributed by atoms with van der Waals surface area (Å²) in [5.74, 6) is 0.716. The van der Waals surface area contributed by atoms with Gasteiger partial charge in [-0.1, -0.05) is 30.3 Å². The summed E-state index contributed by atoms with van der Waals surface area (Å²) in [6, 6.07) is 16.4. The quantitative estimate of drug-likeness (QED) is 0.737. The highest BCUT2D eigenvalue weighted by atomic mass is 16.5. The first kappa shape index (κ1) is 14.1. The molecule has 0 radical (unpaired) electrons. The molecule has 5 nitrogen and oxygen atoms in total. The molecule has 112 valence electrons. The second-order valence-corrected chi connectivity index (χ2v) is 4.98. The average molecular weight is 296 g/mol. The molecular formula is C17H16N2O3. The number of nitrogens with zero attached hydrogens (tertiary/aromatic N) is 2. The van der Waals surface area contributed by atoms with Gasteiger partial charge in [-0.25, -0.2) is 4.79 Å². The van der Waals surface area contributed by atoms with E-state index in [1.165, 1.54) is 9.13 Å². The van der Waals surface area contributed by atoms with Gasteiger partial charge in [-0.05, 0) is 24.3 Å². The highest BCUT2D eigenvalue weighted by Gasteiger charge is 2.10. The Hall–Kier alpha value is -2.82. The van der Waals surface area contributed by atoms with E-state index in [1.807, 2.05) is 36.4 Å². The molecule has 1 aromatic heterocycles. The van der Waals surface area contributed by atoms with Crippen LogP contribution in [0.1, 0.15) is 0 Å². The van der Waals surface area contributed by atoms with E-state index >= 15 is 0 Å². The first-order valence-corrected chi connectivity index (χ1v) is 7.05. The van der Waals surface area contributed by atoms with Crippen LogP contribution in [0.2, 0.25) is 0 Å². The molecule has 0 bridgehead atoms. The molecule has 1 heterocycles. The van der Waals surface area contributed by atoms with E-state index in [2.05, 4.69) is 0 Å². The van der Waals surface area contributed by atoms with Crippen LogP contribution in [-0.2, 0) is 13.6 Å². The van der Waals surface area contributed by atoms with Crippen molar-refractivity contribution in [3.63, 3.8) is 0 Å². The summed E-state index contributed by atoms with van der Waals surface area (Å²) in [7, 11) is 1.67. The number of aryl methyl sites for hydroxylation is 1. The third-order valence-electron chi connectivity index (χ3n) is 3.59. The van der Waals surface area contributed by atoms with Crippen LogP contribution in [0.3, 0.4) is 0 Å². The van der Waals surface area contributed by atoms with Gasteiger partial charge >= 0.3 is 5.69 Å². The van der Waals surface area contributed by atoms with Crippen molar-refractivity contribution in [3.05, 3.63) is 75.4 Å². The molecule has 0 unspecified atom stereocenters. The lowest BCUT2D eigenvalue weighted by atomic mass is 10.2. The van der Waals surface area contributed by atoms with Crippen LogP contribution in [0, 0.1) is 0 Å². The maximum Gasteiger partial charge on any atom is 0.331 e. The molecule has 0 spiro atoms. The predicted molar refractivity (Wildman–Crippen MR) is 85.4 cm³/mol. The Labute approximate surface area is 127 Å². The molecule has 0 atom stereocenters. The molecule has 0 aliphatic heterocycles. The predicted octanol–water partition coefficient (Wildman–Crippen LogP) is 1.78. The standard InChI is InChI=1S/C17H16N2O3/c1-18-15-10-6-5-9-14(15)16(20)19(17(18)21)11-12-22-13-7-3-2-4-8-13/h2-10H,11-12H2,1H3. The molecule has 0 saturated carbocycles. The number of hydrogen-bond donors (Lipinski definition) is 0. The van der Waals surface area contributed by atoms with E-state index in [0.29, 0.717) is 16.7 Å². The fourth-order valence-electron chi connectivity index (χ4n) is 2.43. The van der Waals surface area contributed by atoms with E-state index in [9.17, 15) is 9.59 Å². The van der Waals surface area contributed by atoms with Crippen molar-refractivity contribution in [2.24, 2.45) is 7.05 Å². The van der Waals surface area contributed by atoms with Gasteiger partial charge in [0.2, 0.25) is 0 Å². The smallest absolute Gasteiger partial charge is 0.331 e. The third-order valence-corrected chi connectivity index (χ3v) is 3.59. The minimum absolute atomic E-state index is 0.214. The van der Waals surface area contributed by atoms with Crippen molar-refractivity contribution in [2.45, 2.75) is 6.54 Å². The number of benzene rings is 2. The summed E-state index contributed by atoms with van der Waals surface area (Å²) in [6.45, 7) is 0.475. The van der Waals surface area contributed by atoms with Crippen LogP contribution in [0.15, 0.2) is 64.2 Å². The molecule has 2 aromatic carbocycles. The minimum atomic E-state index is -0.333.